The molecule has 0 saturated heterocycles. The van der Waals surface area contributed by atoms with Gasteiger partial charge < -0.3 is 0 Å². The molecule has 0 amide bonds. The second-order valence-corrected chi connectivity index (χ2v) is 1.96. The standard InChI is InChI=1S/C6H10N2.C4H6.2C2H6/c1-5(7-3)6(2)8-4;1-3-4-2;2*1-2/h3-4H2,1-2H3;3-4H,1-2H2;2*1-2H3/b6-5-;;;. The highest BCUT2D eigenvalue weighted by molar-refractivity contribution is 5.33. The zero-order valence-corrected chi connectivity index (χ0v) is 11.9. The Balaban J connectivity index is -0.0000000761. The molecule has 0 unspecified atom stereocenters. The fraction of sp³-hybridized carbons (Fsp3) is 0.429. The topological polar surface area (TPSA) is 24.7 Å². The molecule has 0 atom stereocenters. The van der Waals surface area contributed by atoms with E-state index in [1.807, 2.05) is 41.5 Å². The first kappa shape index (κ1) is 24.0. The summed E-state index contributed by atoms with van der Waals surface area (Å²) in [6.07, 6.45) is 3.28. The number of aliphatic imine (C=N–C) groups is 2. The van der Waals surface area contributed by atoms with Crippen molar-refractivity contribution in [2.45, 2.75) is 41.5 Å². The van der Waals surface area contributed by atoms with E-state index in [1.54, 1.807) is 12.2 Å². The third-order valence-corrected chi connectivity index (χ3v) is 1.16. The number of nitrogens with zero attached hydrogens (tertiary/aromatic N) is 2. The Bertz CT molecular complexity index is 179. The van der Waals surface area contributed by atoms with Crippen molar-refractivity contribution in [3.05, 3.63) is 36.7 Å². The summed E-state index contributed by atoms with van der Waals surface area (Å²) in [6.45, 7) is 25.1. The SMILES string of the molecule is C=CC=C.C=N/C(C)=C(/C)N=C.CC.CC. The summed E-state index contributed by atoms with van der Waals surface area (Å²) in [5.41, 5.74) is 1.67. The van der Waals surface area contributed by atoms with Crippen LogP contribution in [0.3, 0.4) is 0 Å². The fourth-order valence-electron chi connectivity index (χ4n) is 0.229. The largest absolute Gasteiger partial charge is 0.267 e. The van der Waals surface area contributed by atoms with E-state index in [2.05, 4.69) is 36.6 Å². The molecular weight excluding hydrogens is 196 g/mol. The Kier molecular flexibility index (Phi) is 43.8. The molecule has 0 aliphatic rings. The molecule has 0 bridgehead atoms. The van der Waals surface area contributed by atoms with E-state index < -0.39 is 0 Å². The average molecular weight is 224 g/mol. The fourth-order valence-corrected chi connectivity index (χ4v) is 0.229. The first-order valence-electron chi connectivity index (χ1n) is 5.48. The van der Waals surface area contributed by atoms with Gasteiger partial charge in [0.15, 0.2) is 0 Å². The van der Waals surface area contributed by atoms with E-state index in [0.29, 0.717) is 0 Å². The molecule has 0 aliphatic carbocycles. The predicted octanol–water partition coefficient (Wildman–Crippen LogP) is 5.05. The van der Waals surface area contributed by atoms with Gasteiger partial charge in [0, 0.05) is 0 Å². The van der Waals surface area contributed by atoms with Crippen LogP contribution in [-0.2, 0) is 0 Å². The minimum atomic E-state index is 0.833. The van der Waals surface area contributed by atoms with E-state index in [-0.39, 0.29) is 0 Å². The normalized spacial score (nSPS) is 8.12. The molecule has 0 heterocycles. The van der Waals surface area contributed by atoms with Crippen molar-refractivity contribution in [2.75, 3.05) is 0 Å². The molecule has 94 valence electrons. The predicted molar refractivity (Wildman–Crippen MR) is 80.6 cm³/mol. The third-order valence-electron chi connectivity index (χ3n) is 1.16. The molecule has 2 nitrogen and oxygen atoms in total. The van der Waals surface area contributed by atoms with Crippen LogP contribution in [0.15, 0.2) is 46.7 Å². The van der Waals surface area contributed by atoms with Gasteiger partial charge >= 0.3 is 0 Å². The van der Waals surface area contributed by atoms with Crippen molar-refractivity contribution in [3.63, 3.8) is 0 Å². The van der Waals surface area contributed by atoms with Crippen LogP contribution >= 0.6 is 0 Å². The summed E-state index contributed by atoms with van der Waals surface area (Å²) in [7, 11) is 0. The third kappa shape index (κ3) is 29.4. The first-order valence-corrected chi connectivity index (χ1v) is 5.48. The van der Waals surface area contributed by atoms with Crippen LogP contribution in [0, 0.1) is 0 Å². The zero-order chi connectivity index (χ0) is 14.0. The molecule has 16 heavy (non-hydrogen) atoms. The summed E-state index contributed by atoms with van der Waals surface area (Å²) in [5.74, 6) is 0. The van der Waals surface area contributed by atoms with Gasteiger partial charge in [-0.2, -0.15) is 0 Å². The highest BCUT2D eigenvalue weighted by Gasteiger charge is 1.85. The molecule has 0 aliphatic heterocycles. The van der Waals surface area contributed by atoms with Gasteiger partial charge in [-0.15, -0.1) is 0 Å². The molecule has 0 aromatic carbocycles. The van der Waals surface area contributed by atoms with Gasteiger partial charge in [0.2, 0.25) is 0 Å². The maximum Gasteiger partial charge on any atom is 0.0576 e. The van der Waals surface area contributed by atoms with Crippen molar-refractivity contribution in [2.24, 2.45) is 9.98 Å². The van der Waals surface area contributed by atoms with Gasteiger partial charge in [0.25, 0.3) is 0 Å². The van der Waals surface area contributed by atoms with E-state index in [4.69, 9.17) is 0 Å². The highest BCUT2D eigenvalue weighted by atomic mass is 14.8. The van der Waals surface area contributed by atoms with Crippen LogP contribution in [-0.4, -0.2) is 13.4 Å². The summed E-state index contributed by atoms with van der Waals surface area (Å²) < 4.78 is 0. The van der Waals surface area contributed by atoms with Crippen LogP contribution in [0.1, 0.15) is 41.5 Å². The minimum Gasteiger partial charge on any atom is -0.267 e. The van der Waals surface area contributed by atoms with Crippen molar-refractivity contribution in [3.8, 4) is 0 Å². The maximum absolute atomic E-state index is 3.66. The van der Waals surface area contributed by atoms with Crippen molar-refractivity contribution in [1.82, 2.24) is 0 Å². The second kappa shape index (κ2) is 29.2. The average Bonchev–Trinajstić information content (AvgIpc) is 2.41. The van der Waals surface area contributed by atoms with Crippen molar-refractivity contribution < 1.29 is 0 Å². The second-order valence-electron chi connectivity index (χ2n) is 1.96. The molecule has 2 heteroatoms. The molecule has 0 aromatic rings. The van der Waals surface area contributed by atoms with Gasteiger partial charge in [0.1, 0.15) is 0 Å². The molecular formula is C14H28N2. The van der Waals surface area contributed by atoms with Crippen LogP contribution in [0.25, 0.3) is 0 Å². The van der Waals surface area contributed by atoms with Gasteiger partial charge in [-0.3, -0.25) is 9.98 Å². The van der Waals surface area contributed by atoms with Crippen molar-refractivity contribution in [1.29, 1.82) is 0 Å². The summed E-state index contributed by atoms with van der Waals surface area (Å²) in [6, 6.07) is 0. The van der Waals surface area contributed by atoms with Gasteiger partial charge in [-0.05, 0) is 27.3 Å². The van der Waals surface area contributed by atoms with E-state index >= 15 is 0 Å². The lowest BCUT2D eigenvalue weighted by molar-refractivity contribution is 1.17. The van der Waals surface area contributed by atoms with Crippen LogP contribution < -0.4 is 0 Å². The Hall–Kier alpha value is -1.44. The number of hydrogen-bond donors (Lipinski definition) is 0. The van der Waals surface area contributed by atoms with Gasteiger partial charge in [-0.25, -0.2) is 0 Å². The molecule has 0 aromatic heterocycles. The molecule has 0 N–H and O–H groups in total. The molecule has 0 spiro atoms. The highest BCUT2D eigenvalue weighted by Crippen LogP contribution is 2.02. The van der Waals surface area contributed by atoms with Gasteiger partial charge in [-0.1, -0.05) is 53.0 Å². The molecule has 0 fully saturated rings. The summed E-state index contributed by atoms with van der Waals surface area (Å²) in [4.78, 5) is 7.31. The Morgan fingerprint density at radius 2 is 0.938 bits per heavy atom. The van der Waals surface area contributed by atoms with Crippen LogP contribution in [0.2, 0.25) is 0 Å². The number of rotatable bonds is 3. The lowest BCUT2D eigenvalue weighted by Gasteiger charge is -1.91. The van der Waals surface area contributed by atoms with Crippen LogP contribution in [0.5, 0.6) is 0 Å². The van der Waals surface area contributed by atoms with Crippen molar-refractivity contribution >= 4 is 13.4 Å². The van der Waals surface area contributed by atoms with E-state index in [0.717, 1.165) is 11.4 Å². The van der Waals surface area contributed by atoms with E-state index in [9.17, 15) is 0 Å². The summed E-state index contributed by atoms with van der Waals surface area (Å²) >= 11 is 0. The molecule has 0 saturated carbocycles. The number of allylic oxidation sites excluding steroid dienone is 4. The smallest absolute Gasteiger partial charge is 0.0576 e. The Morgan fingerprint density at radius 1 is 0.750 bits per heavy atom. The first-order chi connectivity index (χ1) is 7.63. The van der Waals surface area contributed by atoms with Gasteiger partial charge in [0.05, 0.1) is 11.4 Å². The van der Waals surface area contributed by atoms with E-state index in [1.165, 1.54) is 0 Å². The molecule has 0 rings (SSSR count). The maximum atomic E-state index is 3.66. The lowest BCUT2D eigenvalue weighted by atomic mass is 10.4. The van der Waals surface area contributed by atoms with Crippen LogP contribution in [0.4, 0.5) is 0 Å². The number of hydrogen-bond acceptors (Lipinski definition) is 2. The minimum absolute atomic E-state index is 0.833. The molecule has 0 radical (unpaired) electrons. The monoisotopic (exact) mass is 224 g/mol. The zero-order valence-electron chi connectivity index (χ0n) is 11.9. The Labute approximate surface area is 102 Å². The quantitative estimate of drug-likeness (QED) is 0.473. The lowest BCUT2D eigenvalue weighted by Crippen LogP contribution is -1.72. The Morgan fingerprint density at radius 3 is 1.00 bits per heavy atom. The summed E-state index contributed by atoms with van der Waals surface area (Å²) in [5, 5.41) is 0.